The van der Waals surface area contributed by atoms with Gasteiger partial charge in [-0.2, -0.15) is 0 Å². The van der Waals surface area contributed by atoms with Gasteiger partial charge in [0, 0.05) is 18.6 Å². The Hall–Kier alpha value is -0.900. The second-order valence-electron chi connectivity index (χ2n) is 4.95. The van der Waals surface area contributed by atoms with Crippen LogP contribution in [-0.2, 0) is 6.42 Å². The summed E-state index contributed by atoms with van der Waals surface area (Å²) in [5.41, 5.74) is 7.19. The Labute approximate surface area is 104 Å². The minimum Gasteiger partial charge on any atom is -0.390 e. The lowest BCUT2D eigenvalue weighted by Gasteiger charge is -2.27. The highest BCUT2D eigenvalue weighted by Crippen LogP contribution is 2.06. The molecule has 2 unspecified atom stereocenters. The summed E-state index contributed by atoms with van der Waals surface area (Å²) in [5.74, 6) is 0. The van der Waals surface area contributed by atoms with E-state index in [1.165, 1.54) is 5.56 Å². The maximum absolute atomic E-state index is 10.0. The molecule has 0 amide bonds. The highest BCUT2D eigenvalue weighted by atomic mass is 16.3. The van der Waals surface area contributed by atoms with Crippen molar-refractivity contribution >= 4 is 0 Å². The number of nitrogens with zero attached hydrogens (tertiary/aromatic N) is 1. The molecule has 3 N–H and O–H groups in total. The smallest absolute Gasteiger partial charge is 0.0820 e. The quantitative estimate of drug-likeness (QED) is 0.782. The molecule has 1 rings (SSSR count). The highest BCUT2D eigenvalue weighted by Gasteiger charge is 2.18. The number of likely N-dealkylation sites (N-methyl/N-ethyl adjacent to an activating group) is 1. The summed E-state index contributed by atoms with van der Waals surface area (Å²) in [6, 6.07) is 10.3. The Morgan fingerprint density at radius 3 is 2.35 bits per heavy atom. The van der Waals surface area contributed by atoms with Crippen molar-refractivity contribution in [3.63, 3.8) is 0 Å². The molecule has 0 spiro atoms. The molecule has 0 fully saturated rings. The van der Waals surface area contributed by atoms with E-state index in [9.17, 15) is 5.11 Å². The van der Waals surface area contributed by atoms with Crippen LogP contribution in [0.3, 0.4) is 0 Å². The normalized spacial score (nSPS) is 15.2. The Morgan fingerprint density at radius 2 is 1.82 bits per heavy atom. The van der Waals surface area contributed by atoms with Crippen LogP contribution in [0.15, 0.2) is 30.3 Å². The largest absolute Gasteiger partial charge is 0.390 e. The van der Waals surface area contributed by atoms with Crippen molar-refractivity contribution in [2.24, 2.45) is 5.73 Å². The predicted octanol–water partition coefficient (Wildman–Crippen LogP) is 1.26. The van der Waals surface area contributed by atoms with Gasteiger partial charge in [-0.3, -0.25) is 0 Å². The van der Waals surface area contributed by atoms with Crippen LogP contribution >= 0.6 is 0 Å². The molecule has 0 aliphatic rings. The topological polar surface area (TPSA) is 49.5 Å². The molecule has 0 bridgehead atoms. The van der Waals surface area contributed by atoms with Crippen LogP contribution in [0.2, 0.25) is 0 Å². The van der Waals surface area contributed by atoms with E-state index in [0.29, 0.717) is 19.0 Å². The molecule has 0 radical (unpaired) electrons. The third-order valence-corrected chi connectivity index (χ3v) is 3.17. The standard InChI is InChI=1S/C14H24N2O/c1-11(2)16(3)10-14(17)13(15)9-12-7-5-4-6-8-12/h4-8,11,13-14,17H,9-10,15H2,1-3H3. The molecular weight excluding hydrogens is 212 g/mol. The van der Waals surface area contributed by atoms with Crippen molar-refractivity contribution in [2.45, 2.75) is 38.5 Å². The maximum Gasteiger partial charge on any atom is 0.0820 e. The lowest BCUT2D eigenvalue weighted by atomic mass is 10.0. The van der Waals surface area contributed by atoms with Gasteiger partial charge < -0.3 is 15.7 Å². The fourth-order valence-electron chi connectivity index (χ4n) is 1.66. The number of aliphatic hydroxyl groups is 1. The number of benzene rings is 1. The van der Waals surface area contributed by atoms with Crippen LogP contribution in [0.4, 0.5) is 0 Å². The van der Waals surface area contributed by atoms with Crippen LogP contribution in [0.1, 0.15) is 19.4 Å². The molecule has 3 nitrogen and oxygen atoms in total. The first-order chi connectivity index (χ1) is 8.00. The minimum atomic E-state index is -0.484. The van der Waals surface area contributed by atoms with Crippen molar-refractivity contribution in [1.82, 2.24) is 4.90 Å². The number of hydrogen-bond donors (Lipinski definition) is 2. The fourth-order valence-corrected chi connectivity index (χ4v) is 1.66. The molecule has 0 aliphatic carbocycles. The zero-order valence-corrected chi connectivity index (χ0v) is 11.0. The van der Waals surface area contributed by atoms with E-state index in [1.807, 2.05) is 37.4 Å². The first-order valence-corrected chi connectivity index (χ1v) is 6.18. The number of aliphatic hydroxyl groups excluding tert-OH is 1. The van der Waals surface area contributed by atoms with Gasteiger partial charge >= 0.3 is 0 Å². The Kier molecular flexibility index (Phi) is 5.62. The summed E-state index contributed by atoms with van der Waals surface area (Å²) in [7, 11) is 2.00. The summed E-state index contributed by atoms with van der Waals surface area (Å²) in [5, 5.41) is 10.0. The van der Waals surface area contributed by atoms with Gasteiger partial charge in [0.1, 0.15) is 0 Å². The van der Waals surface area contributed by atoms with Gasteiger partial charge in [0.25, 0.3) is 0 Å². The van der Waals surface area contributed by atoms with E-state index in [4.69, 9.17) is 5.73 Å². The first kappa shape index (κ1) is 14.2. The van der Waals surface area contributed by atoms with E-state index >= 15 is 0 Å². The first-order valence-electron chi connectivity index (χ1n) is 6.18. The minimum absolute atomic E-state index is 0.210. The van der Waals surface area contributed by atoms with Crippen LogP contribution in [0.25, 0.3) is 0 Å². The van der Waals surface area contributed by atoms with Crippen molar-refractivity contribution in [1.29, 1.82) is 0 Å². The Morgan fingerprint density at radius 1 is 1.24 bits per heavy atom. The van der Waals surface area contributed by atoms with E-state index in [-0.39, 0.29) is 6.04 Å². The van der Waals surface area contributed by atoms with Gasteiger partial charge in [0.2, 0.25) is 0 Å². The predicted molar refractivity (Wildman–Crippen MR) is 71.9 cm³/mol. The molecule has 1 aromatic carbocycles. The van der Waals surface area contributed by atoms with Crippen molar-refractivity contribution in [3.8, 4) is 0 Å². The molecule has 17 heavy (non-hydrogen) atoms. The second-order valence-corrected chi connectivity index (χ2v) is 4.95. The van der Waals surface area contributed by atoms with Crippen LogP contribution in [-0.4, -0.2) is 41.8 Å². The van der Waals surface area contributed by atoms with Crippen molar-refractivity contribution < 1.29 is 5.11 Å². The van der Waals surface area contributed by atoms with Crippen molar-refractivity contribution in [3.05, 3.63) is 35.9 Å². The van der Waals surface area contributed by atoms with Crippen LogP contribution in [0.5, 0.6) is 0 Å². The van der Waals surface area contributed by atoms with Gasteiger partial charge in [-0.15, -0.1) is 0 Å². The average Bonchev–Trinajstić information content (AvgIpc) is 2.29. The summed E-state index contributed by atoms with van der Waals surface area (Å²) in [6.07, 6.45) is 0.233. The molecule has 0 aliphatic heterocycles. The highest BCUT2D eigenvalue weighted by molar-refractivity contribution is 5.16. The maximum atomic E-state index is 10.0. The van der Waals surface area contributed by atoms with E-state index in [0.717, 1.165) is 0 Å². The van der Waals surface area contributed by atoms with Crippen LogP contribution < -0.4 is 5.73 Å². The van der Waals surface area contributed by atoms with Crippen molar-refractivity contribution in [2.75, 3.05) is 13.6 Å². The summed E-state index contributed by atoms with van der Waals surface area (Å²) < 4.78 is 0. The molecule has 0 saturated heterocycles. The monoisotopic (exact) mass is 236 g/mol. The SMILES string of the molecule is CC(C)N(C)CC(O)C(N)Cc1ccccc1. The molecule has 0 aromatic heterocycles. The number of hydrogen-bond acceptors (Lipinski definition) is 3. The molecule has 0 saturated carbocycles. The molecule has 3 heteroatoms. The lowest BCUT2D eigenvalue weighted by molar-refractivity contribution is 0.0903. The third kappa shape index (κ3) is 4.86. The average molecular weight is 236 g/mol. The van der Waals surface area contributed by atoms with E-state index < -0.39 is 6.10 Å². The van der Waals surface area contributed by atoms with Gasteiger partial charge in [-0.25, -0.2) is 0 Å². The Bertz CT molecular complexity index is 313. The summed E-state index contributed by atoms with van der Waals surface area (Å²) >= 11 is 0. The Balaban J connectivity index is 2.44. The third-order valence-electron chi connectivity index (χ3n) is 3.17. The number of nitrogens with two attached hydrogens (primary N) is 1. The number of rotatable bonds is 6. The van der Waals surface area contributed by atoms with Gasteiger partial charge in [-0.05, 0) is 32.9 Å². The zero-order valence-electron chi connectivity index (χ0n) is 11.0. The molecule has 2 atom stereocenters. The molecule has 96 valence electrons. The zero-order chi connectivity index (χ0) is 12.8. The summed E-state index contributed by atoms with van der Waals surface area (Å²) in [6.45, 7) is 4.83. The van der Waals surface area contributed by atoms with Gasteiger partial charge in [0.15, 0.2) is 0 Å². The molecule has 1 aromatic rings. The second kappa shape index (κ2) is 6.74. The fraction of sp³-hybridized carbons (Fsp3) is 0.571. The molecular formula is C14H24N2O. The molecule has 0 heterocycles. The van der Waals surface area contributed by atoms with E-state index in [1.54, 1.807) is 0 Å². The van der Waals surface area contributed by atoms with Gasteiger partial charge in [-0.1, -0.05) is 30.3 Å². The lowest BCUT2D eigenvalue weighted by Crippen LogP contribution is -2.45. The summed E-state index contributed by atoms with van der Waals surface area (Å²) in [4.78, 5) is 2.11. The van der Waals surface area contributed by atoms with E-state index in [2.05, 4.69) is 18.7 Å². The van der Waals surface area contributed by atoms with Crippen LogP contribution in [0, 0.1) is 0 Å². The van der Waals surface area contributed by atoms with Gasteiger partial charge in [0.05, 0.1) is 6.10 Å².